The maximum Gasteiger partial charge on any atom is 0.243 e. The lowest BCUT2D eigenvalue weighted by Crippen LogP contribution is -2.62. The first kappa shape index (κ1) is 28.0. The summed E-state index contributed by atoms with van der Waals surface area (Å²) in [5, 5.41) is 5.81. The van der Waals surface area contributed by atoms with Crippen LogP contribution in [0.1, 0.15) is 58.1 Å². The molecule has 198 valence electrons. The van der Waals surface area contributed by atoms with Gasteiger partial charge < -0.3 is 20.1 Å². The number of rotatable bonds is 13. The van der Waals surface area contributed by atoms with E-state index in [1.165, 1.54) is 11.1 Å². The van der Waals surface area contributed by atoms with Crippen molar-refractivity contribution in [2.45, 2.75) is 71.9 Å². The zero-order valence-electron chi connectivity index (χ0n) is 22.5. The van der Waals surface area contributed by atoms with Crippen molar-refractivity contribution in [1.82, 2.24) is 10.6 Å². The molecule has 3 rings (SSSR count). The third kappa shape index (κ3) is 9.79. The van der Waals surface area contributed by atoms with E-state index in [2.05, 4.69) is 50.5 Å². The van der Waals surface area contributed by atoms with E-state index in [1.807, 2.05) is 48.5 Å². The first-order valence-corrected chi connectivity index (χ1v) is 13.1. The molecule has 2 aromatic rings. The molecule has 0 bridgehead atoms. The Kier molecular flexibility index (Phi) is 10.8. The number of allylic oxidation sites excluding steroid dienone is 2. The van der Waals surface area contributed by atoms with Crippen molar-refractivity contribution in [3.8, 4) is 11.5 Å². The monoisotopic (exact) mass is 504 g/mol. The lowest BCUT2D eigenvalue weighted by molar-refractivity contribution is -0.136. The summed E-state index contributed by atoms with van der Waals surface area (Å²) in [6, 6.07) is 14.5. The van der Waals surface area contributed by atoms with Crippen molar-refractivity contribution < 1.29 is 19.1 Å². The fourth-order valence-electron chi connectivity index (χ4n) is 4.09. The summed E-state index contributed by atoms with van der Waals surface area (Å²) in [4.78, 5) is 25.4. The zero-order valence-corrected chi connectivity index (χ0v) is 22.5. The number of amides is 2. The lowest BCUT2D eigenvalue weighted by atomic mass is 9.98. The Bertz CT molecular complexity index is 1080. The molecule has 0 aromatic heterocycles. The second-order valence-electron chi connectivity index (χ2n) is 9.99. The van der Waals surface area contributed by atoms with E-state index in [0.717, 1.165) is 35.5 Å². The summed E-state index contributed by atoms with van der Waals surface area (Å²) in [5.74, 6) is 1.35. The Morgan fingerprint density at radius 2 is 1.16 bits per heavy atom. The van der Waals surface area contributed by atoms with E-state index in [4.69, 9.17) is 9.47 Å². The van der Waals surface area contributed by atoms with Gasteiger partial charge in [-0.1, -0.05) is 47.6 Å². The molecule has 2 N–H and O–H groups in total. The molecule has 1 saturated heterocycles. The highest BCUT2D eigenvalue weighted by Crippen LogP contribution is 2.17. The second-order valence-corrected chi connectivity index (χ2v) is 9.99. The normalized spacial score (nSPS) is 16.9. The van der Waals surface area contributed by atoms with Crippen molar-refractivity contribution in [1.29, 1.82) is 0 Å². The average molecular weight is 505 g/mol. The zero-order chi connectivity index (χ0) is 26.6. The highest BCUT2D eigenvalue weighted by Gasteiger charge is 2.33. The Balaban J connectivity index is 1.42. The number of piperazine rings is 1. The first-order valence-electron chi connectivity index (χ1n) is 13.1. The van der Waals surface area contributed by atoms with Gasteiger partial charge in [0.05, 0.1) is 13.2 Å². The van der Waals surface area contributed by atoms with Crippen LogP contribution in [-0.2, 0) is 22.4 Å². The highest BCUT2D eigenvalue weighted by atomic mass is 16.5. The van der Waals surface area contributed by atoms with Crippen LogP contribution in [0.4, 0.5) is 0 Å². The molecule has 6 heteroatoms. The van der Waals surface area contributed by atoms with Gasteiger partial charge in [-0.25, -0.2) is 0 Å². The van der Waals surface area contributed by atoms with Gasteiger partial charge in [0.2, 0.25) is 11.8 Å². The second kappa shape index (κ2) is 14.3. The summed E-state index contributed by atoms with van der Waals surface area (Å²) in [7, 11) is 0. The molecule has 2 aromatic carbocycles. The first-order chi connectivity index (χ1) is 17.8. The SMILES string of the molecule is CC(C)=CCCOc1ccc(CCC2NC(=O)C(Cc3ccc(OCCC=C(C)C)cc3)NC2=O)cc1. The third-order valence-electron chi connectivity index (χ3n) is 6.15. The molecule has 2 amide bonds. The molecule has 6 nitrogen and oxygen atoms in total. The molecule has 2 atom stereocenters. The predicted molar refractivity (Wildman–Crippen MR) is 148 cm³/mol. The average Bonchev–Trinajstić information content (AvgIpc) is 2.87. The van der Waals surface area contributed by atoms with Crippen LogP contribution in [-0.4, -0.2) is 37.1 Å². The number of hydrogen-bond donors (Lipinski definition) is 2. The van der Waals surface area contributed by atoms with Crippen molar-refractivity contribution >= 4 is 11.8 Å². The molecule has 2 unspecified atom stereocenters. The Morgan fingerprint density at radius 1 is 0.703 bits per heavy atom. The van der Waals surface area contributed by atoms with Gasteiger partial charge in [0.1, 0.15) is 23.6 Å². The molecule has 0 aliphatic carbocycles. The van der Waals surface area contributed by atoms with Crippen LogP contribution in [0.3, 0.4) is 0 Å². The summed E-state index contributed by atoms with van der Waals surface area (Å²) in [6.45, 7) is 9.57. The van der Waals surface area contributed by atoms with Crippen molar-refractivity contribution in [2.24, 2.45) is 0 Å². The minimum absolute atomic E-state index is 0.136. The minimum atomic E-state index is -0.573. The molecule has 1 aliphatic rings. The topological polar surface area (TPSA) is 76.7 Å². The Morgan fingerprint density at radius 3 is 1.68 bits per heavy atom. The largest absolute Gasteiger partial charge is 0.493 e. The predicted octanol–water partition coefficient (Wildman–Crippen LogP) is 5.32. The Hall–Kier alpha value is -3.54. The van der Waals surface area contributed by atoms with E-state index in [-0.39, 0.29) is 11.8 Å². The fourth-order valence-corrected chi connectivity index (χ4v) is 4.09. The van der Waals surface area contributed by atoms with E-state index < -0.39 is 12.1 Å². The number of nitrogens with one attached hydrogen (secondary N) is 2. The molecular weight excluding hydrogens is 464 g/mol. The summed E-state index contributed by atoms with van der Waals surface area (Å²) in [6.07, 6.45) is 7.74. The molecule has 0 saturated carbocycles. The number of carbonyl (C=O) groups is 2. The quantitative estimate of drug-likeness (QED) is 0.286. The fraction of sp³-hybridized carbons (Fsp3) is 0.419. The number of aryl methyl sites for hydroxylation is 1. The van der Waals surface area contributed by atoms with Gasteiger partial charge in [-0.05, 0) is 88.8 Å². The maximum absolute atomic E-state index is 12.7. The van der Waals surface area contributed by atoms with Crippen LogP contribution in [0.15, 0.2) is 71.8 Å². The van der Waals surface area contributed by atoms with Gasteiger partial charge in [0, 0.05) is 6.42 Å². The van der Waals surface area contributed by atoms with Crippen LogP contribution < -0.4 is 20.1 Å². The molecule has 1 aliphatic heterocycles. The summed E-state index contributed by atoms with van der Waals surface area (Å²) < 4.78 is 11.5. The molecule has 1 fully saturated rings. The van der Waals surface area contributed by atoms with Crippen molar-refractivity contribution in [3.05, 3.63) is 83.0 Å². The van der Waals surface area contributed by atoms with Crippen LogP contribution in [0.2, 0.25) is 0 Å². The van der Waals surface area contributed by atoms with E-state index in [9.17, 15) is 9.59 Å². The lowest BCUT2D eigenvalue weighted by Gasteiger charge is -2.29. The van der Waals surface area contributed by atoms with E-state index in [1.54, 1.807) is 0 Å². The number of carbonyl (C=O) groups excluding carboxylic acids is 2. The van der Waals surface area contributed by atoms with Crippen LogP contribution in [0.25, 0.3) is 0 Å². The van der Waals surface area contributed by atoms with Crippen LogP contribution >= 0.6 is 0 Å². The Labute approximate surface area is 221 Å². The van der Waals surface area contributed by atoms with Crippen LogP contribution in [0.5, 0.6) is 11.5 Å². The number of benzene rings is 2. The smallest absolute Gasteiger partial charge is 0.243 e. The van der Waals surface area contributed by atoms with Crippen molar-refractivity contribution in [3.63, 3.8) is 0 Å². The third-order valence-corrected chi connectivity index (χ3v) is 6.15. The molecule has 0 spiro atoms. The summed E-state index contributed by atoms with van der Waals surface area (Å²) >= 11 is 0. The number of hydrogen-bond acceptors (Lipinski definition) is 4. The molecule has 0 radical (unpaired) electrons. The van der Waals surface area contributed by atoms with E-state index in [0.29, 0.717) is 32.5 Å². The molecule has 1 heterocycles. The molecule has 37 heavy (non-hydrogen) atoms. The van der Waals surface area contributed by atoms with Gasteiger partial charge in [-0.2, -0.15) is 0 Å². The van der Waals surface area contributed by atoms with Gasteiger partial charge >= 0.3 is 0 Å². The van der Waals surface area contributed by atoms with Gasteiger partial charge in [-0.3, -0.25) is 9.59 Å². The van der Waals surface area contributed by atoms with E-state index >= 15 is 0 Å². The van der Waals surface area contributed by atoms with Crippen molar-refractivity contribution in [2.75, 3.05) is 13.2 Å². The van der Waals surface area contributed by atoms with Gasteiger partial charge in [0.25, 0.3) is 0 Å². The standard InChI is InChI=1S/C31H40N2O4/c1-22(2)7-5-19-36-26-14-9-24(10-15-26)13-18-28-30(34)33-29(31(35)32-28)21-25-11-16-27(17-12-25)37-20-6-8-23(3)4/h7-12,14-17,28-29H,5-6,13,18-21H2,1-4H3,(H,32,35)(H,33,34). The number of ether oxygens (including phenoxy) is 2. The molecular formula is C31H40N2O4. The maximum atomic E-state index is 12.7. The highest BCUT2D eigenvalue weighted by molar-refractivity contribution is 5.97. The van der Waals surface area contributed by atoms with Crippen LogP contribution in [0, 0.1) is 0 Å². The van der Waals surface area contributed by atoms with Gasteiger partial charge in [-0.15, -0.1) is 0 Å². The summed E-state index contributed by atoms with van der Waals surface area (Å²) in [5.41, 5.74) is 4.64. The van der Waals surface area contributed by atoms with Gasteiger partial charge in [0.15, 0.2) is 0 Å². The minimum Gasteiger partial charge on any atom is -0.493 e.